The smallest absolute Gasteiger partial charge is 0.159 e. The van der Waals surface area contributed by atoms with Crippen molar-refractivity contribution in [3.63, 3.8) is 0 Å². The van der Waals surface area contributed by atoms with E-state index in [0.29, 0.717) is 6.42 Å². The van der Waals surface area contributed by atoms with E-state index < -0.39 is 0 Å². The maximum atomic E-state index is 12.5. The lowest BCUT2D eigenvalue weighted by Crippen LogP contribution is -1.98. The van der Waals surface area contributed by atoms with Gasteiger partial charge >= 0.3 is 0 Å². The summed E-state index contributed by atoms with van der Waals surface area (Å²) in [6.07, 6.45) is 4.60. The van der Waals surface area contributed by atoms with Crippen LogP contribution >= 0.6 is 0 Å². The van der Waals surface area contributed by atoms with Crippen LogP contribution in [0.5, 0.6) is 0 Å². The van der Waals surface area contributed by atoms with Crippen LogP contribution < -0.4 is 0 Å². The van der Waals surface area contributed by atoms with Crippen LogP contribution in [0.4, 0.5) is 4.39 Å². The van der Waals surface area contributed by atoms with Crippen LogP contribution in [0.3, 0.4) is 0 Å². The third-order valence-electron chi connectivity index (χ3n) is 1.83. The molecule has 0 N–H and O–H groups in total. The molecule has 14 heavy (non-hydrogen) atoms. The molecule has 0 radical (unpaired) electrons. The molecule has 0 atom stereocenters. The van der Waals surface area contributed by atoms with Crippen molar-refractivity contribution in [1.82, 2.24) is 0 Å². The molecule has 1 aromatic rings. The van der Waals surface area contributed by atoms with E-state index in [-0.39, 0.29) is 11.6 Å². The number of rotatable bonds is 4. The second kappa shape index (κ2) is 5.32. The maximum absolute atomic E-state index is 12.5. The van der Waals surface area contributed by atoms with Gasteiger partial charge in [-0.2, -0.15) is 0 Å². The van der Waals surface area contributed by atoms with Gasteiger partial charge in [0.1, 0.15) is 5.82 Å². The molecule has 0 spiro atoms. The molecule has 0 heterocycles. The summed E-state index contributed by atoms with van der Waals surface area (Å²) in [6, 6.07) is 6.00. The molecule has 0 fully saturated rings. The zero-order valence-corrected chi connectivity index (χ0v) is 8.16. The van der Waals surface area contributed by atoms with Gasteiger partial charge in [0, 0.05) is 6.42 Å². The van der Waals surface area contributed by atoms with Gasteiger partial charge in [-0.3, -0.25) is 4.79 Å². The first kappa shape index (κ1) is 10.6. The van der Waals surface area contributed by atoms with E-state index in [1.807, 2.05) is 13.0 Å². The lowest BCUT2D eigenvalue weighted by Gasteiger charge is -1.96. The fourth-order valence-corrected chi connectivity index (χ4v) is 1.11. The first-order valence-electron chi connectivity index (χ1n) is 4.66. The van der Waals surface area contributed by atoms with Crippen LogP contribution in [0.1, 0.15) is 18.9 Å². The van der Waals surface area contributed by atoms with Crippen molar-refractivity contribution in [2.75, 3.05) is 0 Å². The molecule has 0 amide bonds. The van der Waals surface area contributed by atoms with Crippen molar-refractivity contribution in [3.8, 4) is 0 Å². The van der Waals surface area contributed by atoms with E-state index in [0.717, 1.165) is 12.0 Å². The van der Waals surface area contributed by atoms with E-state index >= 15 is 0 Å². The second-order valence-corrected chi connectivity index (χ2v) is 3.08. The molecule has 0 unspecified atom stereocenters. The summed E-state index contributed by atoms with van der Waals surface area (Å²) in [5.74, 6) is -0.219. The molecule has 0 saturated heterocycles. The molecule has 0 aliphatic carbocycles. The molecule has 1 nitrogen and oxygen atoms in total. The maximum Gasteiger partial charge on any atom is 0.159 e. The highest BCUT2D eigenvalue weighted by Crippen LogP contribution is 2.04. The molecule has 0 bridgehead atoms. The van der Waals surface area contributed by atoms with Crippen molar-refractivity contribution in [1.29, 1.82) is 0 Å². The molecule has 74 valence electrons. The molecule has 0 saturated carbocycles. The fraction of sp³-hybridized carbons (Fsp3) is 0.250. The average molecular weight is 192 g/mol. The topological polar surface area (TPSA) is 17.1 Å². The monoisotopic (exact) mass is 192 g/mol. The Morgan fingerprint density at radius 1 is 1.36 bits per heavy atom. The first-order valence-corrected chi connectivity index (χ1v) is 4.66. The van der Waals surface area contributed by atoms with Crippen LogP contribution in [-0.2, 0) is 11.2 Å². The molecular formula is C12H13FO. The van der Waals surface area contributed by atoms with Gasteiger partial charge in [-0.25, -0.2) is 4.39 Å². The first-order chi connectivity index (χ1) is 6.72. The van der Waals surface area contributed by atoms with Gasteiger partial charge in [0.15, 0.2) is 5.78 Å². The van der Waals surface area contributed by atoms with Crippen LogP contribution in [0.2, 0.25) is 0 Å². The summed E-state index contributed by atoms with van der Waals surface area (Å²) in [6.45, 7) is 1.97. The van der Waals surface area contributed by atoms with Gasteiger partial charge in [0.05, 0.1) is 0 Å². The number of allylic oxidation sites excluding steroid dienone is 2. The van der Waals surface area contributed by atoms with Gasteiger partial charge in [-0.15, -0.1) is 0 Å². The quantitative estimate of drug-likeness (QED) is 0.670. The predicted molar refractivity (Wildman–Crippen MR) is 54.5 cm³/mol. The average Bonchev–Trinajstić information content (AvgIpc) is 2.18. The standard InChI is InChI=1S/C12H13FO/c1-2-3-4-12(14)9-10-5-7-11(13)8-6-10/h3-8H,2,9H2,1H3/b4-3+. The number of hydrogen-bond donors (Lipinski definition) is 0. The van der Waals surface area contributed by atoms with E-state index in [1.165, 1.54) is 12.1 Å². The molecule has 2 heteroatoms. The van der Waals surface area contributed by atoms with Gasteiger partial charge in [-0.1, -0.05) is 25.1 Å². The van der Waals surface area contributed by atoms with Crippen molar-refractivity contribution < 1.29 is 9.18 Å². The highest BCUT2D eigenvalue weighted by molar-refractivity contribution is 5.91. The van der Waals surface area contributed by atoms with Crippen molar-refractivity contribution >= 4 is 5.78 Å². The number of carbonyl (C=O) groups excluding carboxylic acids is 1. The third-order valence-corrected chi connectivity index (χ3v) is 1.83. The Morgan fingerprint density at radius 2 is 2.00 bits per heavy atom. The normalized spacial score (nSPS) is 10.7. The van der Waals surface area contributed by atoms with Gasteiger partial charge in [0.2, 0.25) is 0 Å². The molecular weight excluding hydrogens is 179 g/mol. The molecule has 1 rings (SSSR count). The lowest BCUT2D eigenvalue weighted by atomic mass is 10.1. The number of hydrogen-bond acceptors (Lipinski definition) is 1. The summed E-state index contributed by atoms with van der Waals surface area (Å²) in [7, 11) is 0. The number of halogens is 1. The van der Waals surface area contributed by atoms with Crippen LogP contribution in [0.15, 0.2) is 36.4 Å². The minimum absolute atomic E-state index is 0.0541. The Bertz CT molecular complexity index is 325. The van der Waals surface area contributed by atoms with E-state index in [9.17, 15) is 9.18 Å². The fourth-order valence-electron chi connectivity index (χ4n) is 1.11. The number of ketones is 1. The molecule has 0 aliphatic rings. The highest BCUT2D eigenvalue weighted by atomic mass is 19.1. The SMILES string of the molecule is CC/C=C/C(=O)Cc1ccc(F)cc1. The van der Waals surface area contributed by atoms with Gasteiger partial charge < -0.3 is 0 Å². The van der Waals surface area contributed by atoms with Crippen LogP contribution in [0.25, 0.3) is 0 Å². The summed E-state index contributed by atoms with van der Waals surface area (Å²) in [5.41, 5.74) is 0.845. The zero-order valence-electron chi connectivity index (χ0n) is 8.16. The third kappa shape index (κ3) is 3.52. The van der Waals surface area contributed by atoms with Crippen LogP contribution in [0, 0.1) is 5.82 Å². The van der Waals surface area contributed by atoms with Crippen molar-refractivity contribution in [2.45, 2.75) is 19.8 Å². The minimum atomic E-state index is -0.273. The largest absolute Gasteiger partial charge is 0.294 e. The Hall–Kier alpha value is -1.44. The predicted octanol–water partition coefficient (Wildman–Crippen LogP) is 2.90. The van der Waals surface area contributed by atoms with E-state index in [1.54, 1.807) is 18.2 Å². The summed E-state index contributed by atoms with van der Waals surface area (Å²) < 4.78 is 12.5. The van der Waals surface area contributed by atoms with E-state index in [4.69, 9.17) is 0 Å². The zero-order chi connectivity index (χ0) is 10.4. The number of carbonyl (C=O) groups is 1. The van der Waals surface area contributed by atoms with Crippen molar-refractivity contribution in [2.24, 2.45) is 0 Å². The Kier molecular flexibility index (Phi) is 4.05. The Balaban J connectivity index is 2.56. The van der Waals surface area contributed by atoms with Crippen molar-refractivity contribution in [3.05, 3.63) is 47.8 Å². The summed E-state index contributed by atoms with van der Waals surface area (Å²) in [5, 5.41) is 0. The summed E-state index contributed by atoms with van der Waals surface area (Å²) in [4.78, 5) is 11.3. The number of benzene rings is 1. The lowest BCUT2D eigenvalue weighted by molar-refractivity contribution is -0.114. The minimum Gasteiger partial charge on any atom is -0.294 e. The summed E-state index contributed by atoms with van der Waals surface area (Å²) >= 11 is 0. The highest BCUT2D eigenvalue weighted by Gasteiger charge is 1.99. The Morgan fingerprint density at radius 3 is 2.57 bits per heavy atom. The van der Waals surface area contributed by atoms with Gasteiger partial charge in [0.25, 0.3) is 0 Å². The molecule has 1 aromatic carbocycles. The second-order valence-electron chi connectivity index (χ2n) is 3.08. The van der Waals surface area contributed by atoms with E-state index in [2.05, 4.69) is 0 Å². The van der Waals surface area contributed by atoms with Gasteiger partial charge in [-0.05, 0) is 30.2 Å². The molecule has 0 aliphatic heterocycles. The van der Waals surface area contributed by atoms with Crippen LogP contribution in [-0.4, -0.2) is 5.78 Å². The Labute approximate surface area is 83.3 Å². The molecule has 0 aromatic heterocycles.